The van der Waals surface area contributed by atoms with Crippen molar-refractivity contribution >= 4 is 17.8 Å². The third-order valence-corrected chi connectivity index (χ3v) is 5.60. The van der Waals surface area contributed by atoms with Crippen LogP contribution in [0.3, 0.4) is 0 Å². The van der Waals surface area contributed by atoms with Gasteiger partial charge in [0.05, 0.1) is 12.6 Å². The summed E-state index contributed by atoms with van der Waals surface area (Å²) in [6, 6.07) is -1.92. The highest BCUT2D eigenvalue weighted by molar-refractivity contribution is 5.88. The number of amides is 1. The number of fused-ring (bicyclic) bond motifs is 1. The maximum atomic E-state index is 13.1. The maximum absolute atomic E-state index is 13.1. The van der Waals surface area contributed by atoms with Gasteiger partial charge in [-0.2, -0.15) is 0 Å². The van der Waals surface area contributed by atoms with Gasteiger partial charge in [-0.25, -0.2) is 4.79 Å². The molecule has 4 N–H and O–H groups in total. The minimum atomic E-state index is -0.935. The number of hydrogen-bond acceptors (Lipinski definition) is 6. The lowest BCUT2D eigenvalue weighted by molar-refractivity contribution is -0.152. The van der Waals surface area contributed by atoms with Crippen LogP contribution in [0.5, 0.6) is 0 Å². The van der Waals surface area contributed by atoms with Crippen LogP contribution in [0.1, 0.15) is 86.5 Å². The second-order valence-corrected chi connectivity index (χ2v) is 9.79. The predicted molar refractivity (Wildman–Crippen MR) is 120 cm³/mol. The second-order valence-electron chi connectivity index (χ2n) is 9.79. The molecule has 2 aliphatic rings. The SMILES string of the molecule is CC(C)(C)N.CCC[C@H](N[C@@H](C)C(=O)N1C2CCCCC2C[C@H]1C(=O)O)C(=O)OCC. The zero-order valence-electron chi connectivity index (χ0n) is 20.1. The lowest BCUT2D eigenvalue weighted by atomic mass is 9.84. The molecule has 180 valence electrons. The van der Waals surface area contributed by atoms with Gasteiger partial charge >= 0.3 is 11.9 Å². The summed E-state index contributed by atoms with van der Waals surface area (Å²) in [7, 11) is 0. The number of rotatable bonds is 8. The monoisotopic (exact) mass is 441 g/mol. The van der Waals surface area contributed by atoms with E-state index in [0.29, 0.717) is 19.4 Å². The Labute approximate surface area is 187 Å². The first-order valence-corrected chi connectivity index (χ1v) is 11.7. The van der Waals surface area contributed by atoms with Crippen molar-refractivity contribution in [2.75, 3.05) is 6.61 Å². The number of carboxylic acids is 1. The number of aliphatic carboxylic acids is 1. The summed E-state index contributed by atoms with van der Waals surface area (Å²) in [5.41, 5.74) is 5.35. The zero-order chi connectivity index (χ0) is 23.8. The number of likely N-dealkylation sites (tertiary alicyclic amines) is 1. The Morgan fingerprint density at radius 2 is 1.77 bits per heavy atom. The highest BCUT2D eigenvalue weighted by atomic mass is 16.5. The number of nitrogens with one attached hydrogen (secondary N) is 1. The van der Waals surface area contributed by atoms with Crippen LogP contribution in [0.15, 0.2) is 0 Å². The van der Waals surface area contributed by atoms with Gasteiger partial charge in [0.15, 0.2) is 0 Å². The van der Waals surface area contributed by atoms with Crippen molar-refractivity contribution in [2.24, 2.45) is 11.7 Å². The number of nitrogens with two attached hydrogens (primary N) is 1. The summed E-state index contributed by atoms with van der Waals surface area (Å²) >= 11 is 0. The van der Waals surface area contributed by atoms with Gasteiger partial charge in [-0.05, 0) is 66.2 Å². The molecule has 1 aliphatic heterocycles. The first kappa shape index (κ1) is 27.4. The molecule has 0 aromatic rings. The van der Waals surface area contributed by atoms with Crippen LogP contribution in [0, 0.1) is 5.92 Å². The van der Waals surface area contributed by atoms with Crippen molar-refractivity contribution in [3.8, 4) is 0 Å². The highest BCUT2D eigenvalue weighted by Crippen LogP contribution is 2.40. The van der Waals surface area contributed by atoms with Crippen molar-refractivity contribution in [2.45, 2.75) is 116 Å². The molecule has 0 radical (unpaired) electrons. The van der Waals surface area contributed by atoms with Crippen molar-refractivity contribution < 1.29 is 24.2 Å². The van der Waals surface area contributed by atoms with Gasteiger partial charge in [0.25, 0.3) is 0 Å². The molecule has 8 heteroatoms. The highest BCUT2D eigenvalue weighted by Gasteiger charge is 2.48. The van der Waals surface area contributed by atoms with E-state index in [1.807, 2.05) is 27.7 Å². The average molecular weight is 442 g/mol. The molecule has 1 heterocycles. The Hall–Kier alpha value is -1.67. The number of carbonyl (C=O) groups is 3. The lowest BCUT2D eigenvalue weighted by Gasteiger charge is -2.35. The molecule has 0 aromatic carbocycles. The standard InChI is InChI=1S/C19H32N2O5.C4H11N/c1-4-8-14(19(25)26-5-2)20-12(3)17(22)21-15-10-7-6-9-13(15)11-16(21)18(23)24;1-4(2,3)5/h12-16,20H,4-11H2,1-3H3,(H,23,24);5H2,1-3H3/t12-,13?,14-,15?,16-;/m0./s1. The summed E-state index contributed by atoms with van der Waals surface area (Å²) in [4.78, 5) is 38.5. The minimum absolute atomic E-state index is 0. The molecule has 1 amide bonds. The summed E-state index contributed by atoms with van der Waals surface area (Å²) in [6.45, 7) is 11.6. The molecule has 0 aromatic heterocycles. The van der Waals surface area contributed by atoms with Gasteiger partial charge in [-0.1, -0.05) is 26.2 Å². The van der Waals surface area contributed by atoms with Gasteiger partial charge in [0, 0.05) is 11.6 Å². The molecule has 0 bridgehead atoms. The fourth-order valence-electron chi connectivity index (χ4n) is 4.39. The van der Waals surface area contributed by atoms with Crippen molar-refractivity contribution in [1.82, 2.24) is 10.2 Å². The Morgan fingerprint density at radius 3 is 2.29 bits per heavy atom. The first-order valence-electron chi connectivity index (χ1n) is 11.7. The quantitative estimate of drug-likeness (QED) is 0.495. The van der Waals surface area contributed by atoms with Crippen LogP contribution < -0.4 is 11.1 Å². The van der Waals surface area contributed by atoms with Crippen LogP contribution in [0.4, 0.5) is 0 Å². The van der Waals surface area contributed by atoms with E-state index < -0.39 is 24.1 Å². The Morgan fingerprint density at radius 1 is 1.19 bits per heavy atom. The summed E-state index contributed by atoms with van der Waals surface area (Å²) < 4.78 is 5.09. The van der Waals surface area contributed by atoms with E-state index in [1.54, 1.807) is 18.7 Å². The number of nitrogens with zero attached hydrogens (tertiary/aromatic N) is 1. The normalized spacial score (nSPS) is 25.0. The lowest BCUT2D eigenvalue weighted by Crippen LogP contribution is -2.55. The molecule has 5 atom stereocenters. The zero-order valence-corrected chi connectivity index (χ0v) is 20.1. The molecule has 0 spiro atoms. The molecular formula is C23H43N3O5. The maximum Gasteiger partial charge on any atom is 0.326 e. The Balaban J connectivity index is 0.000000861. The predicted octanol–water partition coefficient (Wildman–Crippen LogP) is 2.68. The second kappa shape index (κ2) is 12.4. The molecular weight excluding hydrogens is 398 g/mol. The fraction of sp³-hybridized carbons (Fsp3) is 0.870. The van der Waals surface area contributed by atoms with E-state index in [4.69, 9.17) is 10.5 Å². The topological polar surface area (TPSA) is 122 Å². The summed E-state index contributed by atoms with van der Waals surface area (Å²) in [5.74, 6) is -1.24. The third-order valence-electron chi connectivity index (χ3n) is 5.60. The molecule has 2 fully saturated rings. The number of ether oxygens (including phenoxy) is 1. The van der Waals surface area contributed by atoms with E-state index in [-0.39, 0.29) is 29.4 Å². The van der Waals surface area contributed by atoms with Gasteiger partial charge in [0.2, 0.25) is 5.91 Å². The molecule has 1 aliphatic carbocycles. The van der Waals surface area contributed by atoms with Crippen LogP contribution >= 0.6 is 0 Å². The molecule has 1 saturated carbocycles. The van der Waals surface area contributed by atoms with E-state index in [2.05, 4.69) is 5.32 Å². The molecule has 2 rings (SSSR count). The van der Waals surface area contributed by atoms with Crippen molar-refractivity contribution in [3.63, 3.8) is 0 Å². The molecule has 1 saturated heterocycles. The van der Waals surface area contributed by atoms with Crippen LogP contribution in [0.25, 0.3) is 0 Å². The van der Waals surface area contributed by atoms with E-state index in [0.717, 1.165) is 32.1 Å². The van der Waals surface area contributed by atoms with Gasteiger partial charge in [0.1, 0.15) is 12.1 Å². The molecule has 31 heavy (non-hydrogen) atoms. The van der Waals surface area contributed by atoms with Crippen LogP contribution in [0.2, 0.25) is 0 Å². The van der Waals surface area contributed by atoms with E-state index in [1.165, 1.54) is 0 Å². The van der Waals surface area contributed by atoms with E-state index >= 15 is 0 Å². The van der Waals surface area contributed by atoms with E-state index in [9.17, 15) is 19.5 Å². The number of esters is 1. The average Bonchev–Trinajstić information content (AvgIpc) is 3.05. The van der Waals surface area contributed by atoms with Gasteiger partial charge in [-0.3, -0.25) is 14.9 Å². The summed E-state index contributed by atoms with van der Waals surface area (Å²) in [6.07, 6.45) is 5.87. The number of carboxylic acid groups (broad SMARTS) is 1. The first-order chi connectivity index (χ1) is 14.4. The van der Waals surface area contributed by atoms with Gasteiger partial charge < -0.3 is 20.5 Å². The third kappa shape index (κ3) is 8.77. The number of hydrogen-bond donors (Lipinski definition) is 3. The fourth-order valence-corrected chi connectivity index (χ4v) is 4.39. The largest absolute Gasteiger partial charge is 0.480 e. The minimum Gasteiger partial charge on any atom is -0.480 e. The summed E-state index contributed by atoms with van der Waals surface area (Å²) in [5, 5.41) is 12.7. The smallest absolute Gasteiger partial charge is 0.326 e. The van der Waals surface area contributed by atoms with Crippen molar-refractivity contribution in [3.05, 3.63) is 0 Å². The Bertz CT molecular complexity index is 599. The number of carbonyl (C=O) groups excluding carboxylic acids is 2. The van der Waals surface area contributed by atoms with Crippen LogP contribution in [-0.4, -0.2) is 64.2 Å². The van der Waals surface area contributed by atoms with Gasteiger partial charge in [-0.15, -0.1) is 0 Å². The van der Waals surface area contributed by atoms with Crippen molar-refractivity contribution in [1.29, 1.82) is 0 Å². The van der Waals surface area contributed by atoms with Crippen LogP contribution in [-0.2, 0) is 19.1 Å². The molecule has 8 nitrogen and oxygen atoms in total. The molecule has 2 unspecified atom stereocenters. The Kier molecular flexibility index (Phi) is 10.9.